The molecule has 0 spiro atoms. The van der Waals surface area contributed by atoms with Gasteiger partial charge in [0.1, 0.15) is 0 Å². The molecule has 1 atom stereocenters. The summed E-state index contributed by atoms with van der Waals surface area (Å²) in [6, 6.07) is 20.2. The Morgan fingerprint density at radius 3 is 2.25 bits per heavy atom. The minimum atomic E-state index is -3.83. The van der Waals surface area contributed by atoms with Gasteiger partial charge in [-0.3, -0.25) is 9.52 Å². The van der Waals surface area contributed by atoms with Crippen LogP contribution in [0.1, 0.15) is 46.0 Å². The van der Waals surface area contributed by atoms with E-state index in [1.807, 2.05) is 45.0 Å². The van der Waals surface area contributed by atoms with E-state index < -0.39 is 10.0 Å². The zero-order chi connectivity index (χ0) is 23.3. The maximum atomic E-state index is 13.0. The van der Waals surface area contributed by atoms with Gasteiger partial charge in [-0.2, -0.15) is 0 Å². The van der Waals surface area contributed by atoms with Crippen LogP contribution < -0.4 is 10.0 Å². The van der Waals surface area contributed by atoms with Gasteiger partial charge in [-0.05, 0) is 87.1 Å². The smallest absolute Gasteiger partial charge is 0.262 e. The first-order valence-corrected chi connectivity index (χ1v) is 12.2. The molecule has 0 radical (unpaired) electrons. The first-order valence-electron chi connectivity index (χ1n) is 10.7. The van der Waals surface area contributed by atoms with Crippen LogP contribution in [0, 0.1) is 20.8 Å². The molecule has 3 aromatic carbocycles. The molecule has 0 saturated heterocycles. The predicted molar refractivity (Wildman–Crippen MR) is 130 cm³/mol. The highest BCUT2D eigenvalue weighted by atomic mass is 32.2. The van der Waals surface area contributed by atoms with Crippen molar-refractivity contribution in [1.82, 2.24) is 5.32 Å². The lowest BCUT2D eigenvalue weighted by molar-refractivity contribution is 0.0938. The first-order chi connectivity index (χ1) is 15.2. The SMILES string of the molecule is Cc1ccc(NS(=O)(=O)c2cc(C(=O)N[C@H](C)CCc3ccccc3)ccc2C)cc1C. The van der Waals surface area contributed by atoms with E-state index in [0.29, 0.717) is 16.8 Å². The molecule has 32 heavy (non-hydrogen) atoms. The number of rotatable bonds is 8. The third kappa shape index (κ3) is 5.98. The monoisotopic (exact) mass is 450 g/mol. The summed E-state index contributed by atoms with van der Waals surface area (Å²) < 4.78 is 28.7. The van der Waals surface area contributed by atoms with Crippen molar-refractivity contribution >= 4 is 21.6 Å². The number of anilines is 1. The molecule has 0 aliphatic rings. The Hall–Kier alpha value is -3.12. The maximum absolute atomic E-state index is 13.0. The van der Waals surface area contributed by atoms with Gasteiger partial charge >= 0.3 is 0 Å². The van der Waals surface area contributed by atoms with Crippen molar-refractivity contribution in [3.63, 3.8) is 0 Å². The second-order valence-electron chi connectivity index (χ2n) is 8.28. The lowest BCUT2D eigenvalue weighted by Crippen LogP contribution is -2.33. The fraction of sp³-hybridized carbons (Fsp3) is 0.269. The van der Waals surface area contributed by atoms with E-state index in [1.54, 1.807) is 31.2 Å². The van der Waals surface area contributed by atoms with Crippen LogP contribution in [0.2, 0.25) is 0 Å². The highest BCUT2D eigenvalue weighted by Crippen LogP contribution is 2.22. The molecule has 1 amide bonds. The van der Waals surface area contributed by atoms with Crippen LogP contribution in [-0.4, -0.2) is 20.4 Å². The molecule has 0 fully saturated rings. The molecule has 0 unspecified atom stereocenters. The van der Waals surface area contributed by atoms with Gasteiger partial charge in [0.15, 0.2) is 0 Å². The molecule has 0 heterocycles. The zero-order valence-corrected chi connectivity index (χ0v) is 19.8. The Bertz CT molecular complexity index is 1200. The third-order valence-corrected chi connectivity index (χ3v) is 7.11. The number of carbonyl (C=O) groups is 1. The van der Waals surface area contributed by atoms with E-state index in [9.17, 15) is 13.2 Å². The van der Waals surface area contributed by atoms with Gasteiger partial charge in [0.05, 0.1) is 4.90 Å². The minimum Gasteiger partial charge on any atom is -0.350 e. The van der Waals surface area contributed by atoms with Crippen molar-refractivity contribution in [1.29, 1.82) is 0 Å². The second-order valence-corrected chi connectivity index (χ2v) is 9.93. The Balaban J connectivity index is 1.72. The van der Waals surface area contributed by atoms with E-state index in [2.05, 4.69) is 22.2 Å². The van der Waals surface area contributed by atoms with Crippen molar-refractivity contribution in [2.45, 2.75) is 51.5 Å². The van der Waals surface area contributed by atoms with Crippen molar-refractivity contribution < 1.29 is 13.2 Å². The van der Waals surface area contributed by atoms with Crippen LogP contribution in [0.5, 0.6) is 0 Å². The number of amides is 1. The molecule has 5 nitrogen and oxygen atoms in total. The lowest BCUT2D eigenvalue weighted by atomic mass is 10.1. The number of hydrogen-bond donors (Lipinski definition) is 2. The summed E-state index contributed by atoms with van der Waals surface area (Å²) in [4.78, 5) is 12.9. The fourth-order valence-electron chi connectivity index (χ4n) is 3.45. The average Bonchev–Trinajstić information content (AvgIpc) is 2.75. The van der Waals surface area contributed by atoms with E-state index in [0.717, 1.165) is 24.0 Å². The quantitative estimate of drug-likeness (QED) is 0.497. The molecule has 0 aliphatic carbocycles. The molecule has 168 valence electrons. The summed E-state index contributed by atoms with van der Waals surface area (Å²) in [5, 5.41) is 2.97. The zero-order valence-electron chi connectivity index (χ0n) is 19.0. The number of benzene rings is 3. The van der Waals surface area contributed by atoms with Gasteiger partial charge < -0.3 is 5.32 Å². The summed E-state index contributed by atoms with van der Waals surface area (Å²) in [6.07, 6.45) is 1.65. The minimum absolute atomic E-state index is 0.0438. The summed E-state index contributed by atoms with van der Waals surface area (Å²) >= 11 is 0. The number of sulfonamides is 1. The normalized spacial score (nSPS) is 12.2. The van der Waals surface area contributed by atoms with Crippen molar-refractivity contribution in [3.05, 3.63) is 94.5 Å². The van der Waals surface area contributed by atoms with Crippen LogP contribution in [-0.2, 0) is 16.4 Å². The van der Waals surface area contributed by atoms with Gasteiger partial charge in [-0.25, -0.2) is 8.42 Å². The first kappa shape index (κ1) is 23.5. The Labute approximate surface area is 190 Å². The van der Waals surface area contributed by atoms with Gasteiger partial charge in [-0.1, -0.05) is 42.5 Å². The summed E-state index contributed by atoms with van der Waals surface area (Å²) in [6.45, 7) is 7.58. The van der Waals surface area contributed by atoms with E-state index >= 15 is 0 Å². The highest BCUT2D eigenvalue weighted by molar-refractivity contribution is 7.92. The van der Waals surface area contributed by atoms with Gasteiger partial charge in [-0.15, -0.1) is 0 Å². The van der Waals surface area contributed by atoms with Gasteiger partial charge in [0, 0.05) is 17.3 Å². The Morgan fingerprint density at radius 1 is 0.875 bits per heavy atom. The number of carbonyl (C=O) groups excluding carboxylic acids is 1. The molecule has 0 saturated carbocycles. The molecule has 0 aliphatic heterocycles. The maximum Gasteiger partial charge on any atom is 0.262 e. The molecule has 0 bridgehead atoms. The van der Waals surface area contributed by atoms with Gasteiger partial charge in [0.2, 0.25) is 0 Å². The second kappa shape index (κ2) is 10.0. The van der Waals surface area contributed by atoms with Crippen LogP contribution in [0.3, 0.4) is 0 Å². The van der Waals surface area contributed by atoms with Crippen LogP contribution >= 0.6 is 0 Å². The van der Waals surface area contributed by atoms with Crippen LogP contribution in [0.4, 0.5) is 5.69 Å². The molecule has 0 aromatic heterocycles. The molecular weight excluding hydrogens is 420 g/mol. The van der Waals surface area contributed by atoms with Crippen molar-refractivity contribution in [3.8, 4) is 0 Å². The lowest BCUT2D eigenvalue weighted by Gasteiger charge is -2.16. The number of nitrogens with one attached hydrogen (secondary N) is 2. The predicted octanol–water partition coefficient (Wildman–Crippen LogP) is 5.16. The molecule has 3 rings (SSSR count). The largest absolute Gasteiger partial charge is 0.350 e. The standard InChI is InChI=1S/C26H30N2O3S/c1-18-11-15-24(16-20(18)3)28-32(30,31)25-17-23(14-10-19(25)2)26(29)27-21(4)12-13-22-8-6-5-7-9-22/h5-11,14-17,21,28H,12-13H2,1-4H3,(H,27,29)/t21-/m1/s1. The number of aryl methyl sites for hydroxylation is 4. The average molecular weight is 451 g/mol. The number of hydrogen-bond acceptors (Lipinski definition) is 3. The Morgan fingerprint density at radius 2 is 1.56 bits per heavy atom. The molecule has 2 N–H and O–H groups in total. The summed E-state index contributed by atoms with van der Waals surface area (Å²) in [7, 11) is -3.83. The van der Waals surface area contributed by atoms with E-state index in [4.69, 9.17) is 0 Å². The van der Waals surface area contributed by atoms with Crippen LogP contribution in [0.15, 0.2) is 71.6 Å². The Kier molecular flexibility index (Phi) is 7.36. The summed E-state index contributed by atoms with van der Waals surface area (Å²) in [5.74, 6) is -0.284. The van der Waals surface area contributed by atoms with E-state index in [-0.39, 0.29) is 16.8 Å². The van der Waals surface area contributed by atoms with Crippen molar-refractivity contribution in [2.24, 2.45) is 0 Å². The molecule has 3 aromatic rings. The van der Waals surface area contributed by atoms with Crippen molar-refractivity contribution in [2.75, 3.05) is 4.72 Å². The highest BCUT2D eigenvalue weighted by Gasteiger charge is 2.20. The fourth-order valence-corrected chi connectivity index (χ4v) is 4.77. The molecule has 6 heteroatoms. The van der Waals surface area contributed by atoms with Gasteiger partial charge in [0.25, 0.3) is 15.9 Å². The summed E-state index contributed by atoms with van der Waals surface area (Å²) in [5.41, 5.74) is 4.70. The van der Waals surface area contributed by atoms with E-state index in [1.165, 1.54) is 11.6 Å². The molecular formula is C26H30N2O3S. The van der Waals surface area contributed by atoms with Crippen LogP contribution in [0.25, 0.3) is 0 Å². The topological polar surface area (TPSA) is 75.3 Å². The third-order valence-electron chi connectivity index (χ3n) is 5.59.